The van der Waals surface area contributed by atoms with Crippen LogP contribution in [0.4, 0.5) is 8.78 Å². The molecule has 9 heteroatoms. The second kappa shape index (κ2) is 9.23. The van der Waals surface area contributed by atoms with E-state index in [9.17, 15) is 18.4 Å². The van der Waals surface area contributed by atoms with Gasteiger partial charge in [-0.05, 0) is 30.7 Å². The highest BCUT2D eigenvalue weighted by atomic mass is 32.2. The molecular formula is C24H24F2N4O2S. The van der Waals surface area contributed by atoms with Crippen LogP contribution in [0, 0.1) is 11.6 Å². The summed E-state index contributed by atoms with van der Waals surface area (Å²) in [5.41, 5.74) is 0.143. The Balaban J connectivity index is 1.34. The first kappa shape index (κ1) is 22.0. The van der Waals surface area contributed by atoms with Crippen molar-refractivity contribution in [2.24, 2.45) is 0 Å². The van der Waals surface area contributed by atoms with Crippen LogP contribution in [0.3, 0.4) is 0 Å². The Morgan fingerprint density at radius 3 is 2.55 bits per heavy atom. The first-order valence-electron chi connectivity index (χ1n) is 11.1. The Morgan fingerprint density at radius 1 is 1.09 bits per heavy atom. The van der Waals surface area contributed by atoms with Gasteiger partial charge < -0.3 is 4.90 Å². The number of H-pyrrole nitrogens is 1. The minimum absolute atomic E-state index is 0.0244. The van der Waals surface area contributed by atoms with Gasteiger partial charge in [0.25, 0.3) is 11.5 Å². The number of hydrogen-bond acceptors (Lipinski definition) is 5. The van der Waals surface area contributed by atoms with E-state index < -0.39 is 17.5 Å². The van der Waals surface area contributed by atoms with Crippen molar-refractivity contribution in [1.29, 1.82) is 0 Å². The van der Waals surface area contributed by atoms with Crippen LogP contribution in [0.15, 0.2) is 41.2 Å². The molecule has 33 heavy (non-hydrogen) atoms. The summed E-state index contributed by atoms with van der Waals surface area (Å²) in [5, 5.41) is 8.32. The molecule has 0 spiro atoms. The molecule has 2 aromatic carbocycles. The van der Waals surface area contributed by atoms with Gasteiger partial charge in [-0.3, -0.25) is 14.5 Å². The lowest BCUT2D eigenvalue weighted by Crippen LogP contribution is -2.49. The topological polar surface area (TPSA) is 69.3 Å². The van der Waals surface area contributed by atoms with Crippen LogP contribution in [0.1, 0.15) is 28.0 Å². The normalized spacial score (nSPS) is 18.6. The highest BCUT2D eigenvalue weighted by molar-refractivity contribution is 8.06. The van der Waals surface area contributed by atoms with Crippen molar-refractivity contribution in [3.8, 4) is 0 Å². The Hall–Kier alpha value is -2.78. The molecule has 0 saturated carbocycles. The number of nitrogens with zero attached hydrogens (tertiary/aromatic N) is 3. The molecule has 1 amide bonds. The van der Waals surface area contributed by atoms with Gasteiger partial charge in [-0.2, -0.15) is 16.9 Å². The highest BCUT2D eigenvalue weighted by Crippen LogP contribution is 2.33. The third kappa shape index (κ3) is 4.79. The Morgan fingerprint density at radius 2 is 1.82 bits per heavy atom. The zero-order valence-corrected chi connectivity index (χ0v) is 18.8. The number of amides is 1. The number of aromatic amines is 1. The van der Waals surface area contributed by atoms with Gasteiger partial charge in [-0.15, -0.1) is 0 Å². The lowest BCUT2D eigenvalue weighted by molar-refractivity contribution is 0.0632. The summed E-state index contributed by atoms with van der Waals surface area (Å²) in [4.78, 5) is 29.0. The van der Waals surface area contributed by atoms with Gasteiger partial charge in [0.1, 0.15) is 11.6 Å². The lowest BCUT2D eigenvalue weighted by Gasteiger charge is -2.34. The molecule has 1 unspecified atom stereocenters. The summed E-state index contributed by atoms with van der Waals surface area (Å²) in [6, 6.07) is 8.96. The quantitative estimate of drug-likeness (QED) is 0.561. The van der Waals surface area contributed by atoms with Gasteiger partial charge in [0.15, 0.2) is 0 Å². The maximum atomic E-state index is 14.6. The number of benzene rings is 2. The van der Waals surface area contributed by atoms with E-state index in [1.54, 1.807) is 29.2 Å². The van der Waals surface area contributed by atoms with Crippen LogP contribution >= 0.6 is 11.8 Å². The van der Waals surface area contributed by atoms with Crippen LogP contribution in [0.5, 0.6) is 0 Å². The molecule has 2 aliphatic rings. The minimum Gasteiger partial charge on any atom is -0.336 e. The molecule has 0 radical (unpaired) electrons. The molecule has 1 atom stereocenters. The van der Waals surface area contributed by atoms with Crippen LogP contribution in [0.25, 0.3) is 10.8 Å². The van der Waals surface area contributed by atoms with Crippen molar-refractivity contribution in [3.63, 3.8) is 0 Å². The predicted molar refractivity (Wildman–Crippen MR) is 125 cm³/mol. The molecule has 1 N–H and O–H groups in total. The summed E-state index contributed by atoms with van der Waals surface area (Å²) >= 11 is 1.98. The number of rotatable bonds is 6. The van der Waals surface area contributed by atoms with Crippen molar-refractivity contribution < 1.29 is 13.6 Å². The summed E-state index contributed by atoms with van der Waals surface area (Å²) in [7, 11) is 0. The number of hydrogen-bond donors (Lipinski definition) is 1. The molecule has 2 aliphatic heterocycles. The van der Waals surface area contributed by atoms with Gasteiger partial charge in [-0.25, -0.2) is 13.9 Å². The number of piperazine rings is 1. The summed E-state index contributed by atoms with van der Waals surface area (Å²) in [6.07, 6.45) is 1.19. The van der Waals surface area contributed by atoms with E-state index >= 15 is 0 Å². The minimum atomic E-state index is -0.867. The number of halogens is 2. The number of fused-ring (bicyclic) bond motifs is 1. The number of carbonyl (C=O) groups is 1. The van der Waals surface area contributed by atoms with Crippen molar-refractivity contribution in [1.82, 2.24) is 20.0 Å². The highest BCUT2D eigenvalue weighted by Gasteiger charge is 2.27. The summed E-state index contributed by atoms with van der Waals surface area (Å²) < 4.78 is 29.2. The summed E-state index contributed by atoms with van der Waals surface area (Å²) in [5.74, 6) is -0.794. The fraction of sp³-hybridized carbons (Fsp3) is 0.375. The molecule has 2 saturated heterocycles. The Kier molecular flexibility index (Phi) is 6.16. The van der Waals surface area contributed by atoms with E-state index in [1.165, 1.54) is 18.2 Å². The van der Waals surface area contributed by atoms with Gasteiger partial charge in [0, 0.05) is 55.1 Å². The van der Waals surface area contributed by atoms with Crippen molar-refractivity contribution in [3.05, 3.63) is 75.2 Å². The van der Waals surface area contributed by atoms with E-state index in [-0.39, 0.29) is 23.1 Å². The van der Waals surface area contributed by atoms with Gasteiger partial charge in [0.05, 0.1) is 16.6 Å². The largest absolute Gasteiger partial charge is 0.336 e. The van der Waals surface area contributed by atoms with Crippen LogP contribution in [-0.2, 0) is 6.42 Å². The standard InChI is InChI=1S/C24H24F2N4O2S/c25-20-13-21(26)19(24(32)30-9-7-29(8-10-30)6-5-16-14-33-16)11-15(20)12-22-17-3-1-2-4-18(17)23(31)28-27-22/h1-4,11,13,16H,5-10,12,14H2,(H,28,31). The van der Waals surface area contributed by atoms with Crippen LogP contribution in [-0.4, -0.2) is 69.6 Å². The predicted octanol–water partition coefficient (Wildman–Crippen LogP) is 3.06. The third-order valence-corrected chi connectivity index (χ3v) is 7.37. The third-order valence-electron chi connectivity index (χ3n) is 6.33. The van der Waals surface area contributed by atoms with Crippen molar-refractivity contribution in [2.45, 2.75) is 18.1 Å². The lowest BCUT2D eigenvalue weighted by atomic mass is 10.0. The van der Waals surface area contributed by atoms with Gasteiger partial charge in [0.2, 0.25) is 0 Å². The fourth-order valence-electron chi connectivity index (χ4n) is 4.29. The van der Waals surface area contributed by atoms with E-state index in [1.807, 2.05) is 11.8 Å². The van der Waals surface area contributed by atoms with Gasteiger partial charge in [-0.1, -0.05) is 18.2 Å². The van der Waals surface area contributed by atoms with Crippen molar-refractivity contribution >= 4 is 28.4 Å². The molecule has 3 heterocycles. The summed E-state index contributed by atoms with van der Waals surface area (Å²) in [6.45, 7) is 3.58. The van der Waals surface area contributed by atoms with E-state index in [2.05, 4.69) is 15.1 Å². The molecule has 2 fully saturated rings. The molecule has 5 rings (SSSR count). The number of aromatic nitrogens is 2. The number of carbonyl (C=O) groups excluding carboxylic acids is 1. The van der Waals surface area contributed by atoms with Gasteiger partial charge >= 0.3 is 0 Å². The van der Waals surface area contributed by atoms with E-state index in [0.717, 1.165) is 31.0 Å². The first-order chi connectivity index (χ1) is 16.0. The maximum absolute atomic E-state index is 14.6. The molecule has 3 aromatic rings. The second-order valence-electron chi connectivity index (χ2n) is 8.52. The molecular weight excluding hydrogens is 446 g/mol. The fourth-order valence-corrected chi connectivity index (χ4v) is 4.86. The second-order valence-corrected chi connectivity index (χ2v) is 9.86. The zero-order chi connectivity index (χ0) is 22.9. The molecule has 172 valence electrons. The molecule has 0 aliphatic carbocycles. The average Bonchev–Trinajstić information content (AvgIpc) is 3.66. The number of nitrogens with one attached hydrogen (secondary N) is 1. The van der Waals surface area contributed by atoms with Crippen LogP contribution in [0.2, 0.25) is 0 Å². The Labute approximate surface area is 194 Å². The SMILES string of the molecule is O=C(c1cc(Cc2n[nH]c(=O)c3ccccc23)c(F)cc1F)N1CCN(CCC2CS2)CC1. The van der Waals surface area contributed by atoms with Crippen LogP contribution < -0.4 is 5.56 Å². The molecule has 1 aromatic heterocycles. The van der Waals surface area contributed by atoms with E-state index in [4.69, 9.17) is 0 Å². The zero-order valence-electron chi connectivity index (χ0n) is 18.0. The molecule has 0 bridgehead atoms. The Bertz CT molecular complexity index is 1250. The first-order valence-corrected chi connectivity index (χ1v) is 12.1. The molecule has 6 nitrogen and oxygen atoms in total. The average molecular weight is 471 g/mol. The van der Waals surface area contributed by atoms with Crippen molar-refractivity contribution in [2.75, 3.05) is 38.5 Å². The number of thioether (sulfide) groups is 1. The van der Waals surface area contributed by atoms with E-state index in [0.29, 0.717) is 29.6 Å². The maximum Gasteiger partial charge on any atom is 0.272 e. The monoisotopic (exact) mass is 470 g/mol. The smallest absolute Gasteiger partial charge is 0.272 e.